The van der Waals surface area contributed by atoms with E-state index in [0.29, 0.717) is 47.6 Å². The van der Waals surface area contributed by atoms with E-state index in [1.165, 1.54) is 0 Å². The number of benzene rings is 2. The Morgan fingerprint density at radius 3 is 2.74 bits per heavy atom. The van der Waals surface area contributed by atoms with Crippen LogP contribution in [0.1, 0.15) is 22.8 Å². The summed E-state index contributed by atoms with van der Waals surface area (Å²) in [6.07, 6.45) is 3.40. The number of fused-ring (bicyclic) bond motifs is 1. The third-order valence-corrected chi connectivity index (χ3v) is 4.48. The molecule has 0 saturated heterocycles. The highest BCUT2D eigenvalue weighted by molar-refractivity contribution is 6.10. The van der Waals surface area contributed by atoms with Gasteiger partial charge in [0.25, 0.3) is 5.91 Å². The topological polar surface area (TPSA) is 94.1 Å². The van der Waals surface area contributed by atoms with Crippen molar-refractivity contribution in [3.05, 3.63) is 78.1 Å². The summed E-state index contributed by atoms with van der Waals surface area (Å²) in [5, 5.41) is 6.02. The van der Waals surface area contributed by atoms with Crippen LogP contribution in [0.15, 0.2) is 72.0 Å². The van der Waals surface area contributed by atoms with E-state index in [-0.39, 0.29) is 12.7 Å². The summed E-state index contributed by atoms with van der Waals surface area (Å²) < 4.78 is 16.3. The Labute approximate surface area is 179 Å². The molecule has 0 bridgehead atoms. The Morgan fingerprint density at radius 2 is 1.90 bits per heavy atom. The van der Waals surface area contributed by atoms with Crippen molar-refractivity contribution < 1.29 is 19.0 Å². The second-order valence-electron chi connectivity index (χ2n) is 6.60. The smallest absolute Gasteiger partial charge is 0.258 e. The van der Waals surface area contributed by atoms with Crippen LogP contribution in [0.2, 0.25) is 0 Å². The van der Waals surface area contributed by atoms with E-state index in [2.05, 4.69) is 20.6 Å². The zero-order valence-corrected chi connectivity index (χ0v) is 17.0. The predicted molar refractivity (Wildman–Crippen MR) is 117 cm³/mol. The van der Waals surface area contributed by atoms with Crippen LogP contribution >= 0.6 is 0 Å². The van der Waals surface area contributed by atoms with Gasteiger partial charge in [-0.2, -0.15) is 0 Å². The van der Waals surface area contributed by atoms with Crippen molar-refractivity contribution in [2.45, 2.75) is 13.5 Å². The fourth-order valence-corrected chi connectivity index (χ4v) is 2.97. The maximum absolute atomic E-state index is 12.9. The van der Waals surface area contributed by atoms with Crippen LogP contribution in [0.5, 0.6) is 17.2 Å². The first-order chi connectivity index (χ1) is 15.2. The molecule has 2 N–H and O–H groups in total. The molecule has 2 aromatic carbocycles. The Bertz CT molecular complexity index is 1090. The first-order valence-corrected chi connectivity index (χ1v) is 9.86. The maximum Gasteiger partial charge on any atom is 0.258 e. The van der Waals surface area contributed by atoms with Crippen molar-refractivity contribution in [2.24, 2.45) is 4.99 Å². The normalized spacial score (nSPS) is 12.4. The highest BCUT2D eigenvalue weighted by atomic mass is 16.7. The number of ether oxygens (including phenoxy) is 3. The standard InChI is InChI=1S/C23H22N4O4/c1-2-29-19-6-4-3-5-18(19)26-23(25-14-16-9-11-24-12-10-16)27-22(28)17-7-8-20-21(13-17)31-15-30-20/h3-13H,2,14-15H2,1H3,(H2,25,26,27,28). The lowest BCUT2D eigenvalue weighted by molar-refractivity contribution is 0.0976. The lowest BCUT2D eigenvalue weighted by Gasteiger charge is -2.15. The molecule has 0 aliphatic carbocycles. The number of hydrogen-bond acceptors (Lipinski definition) is 6. The van der Waals surface area contributed by atoms with Gasteiger partial charge in [-0.15, -0.1) is 0 Å². The summed E-state index contributed by atoms with van der Waals surface area (Å²) >= 11 is 0. The first kappa shape index (κ1) is 20.2. The third-order valence-electron chi connectivity index (χ3n) is 4.48. The molecule has 0 saturated carbocycles. The Morgan fingerprint density at radius 1 is 1.10 bits per heavy atom. The quantitative estimate of drug-likeness (QED) is 0.469. The number of carbonyl (C=O) groups excluding carboxylic acids is 1. The molecular formula is C23H22N4O4. The summed E-state index contributed by atoms with van der Waals surface area (Å²) in [6.45, 7) is 2.94. The largest absolute Gasteiger partial charge is 0.492 e. The molecule has 31 heavy (non-hydrogen) atoms. The van der Waals surface area contributed by atoms with E-state index in [0.717, 1.165) is 5.56 Å². The van der Waals surface area contributed by atoms with Crippen molar-refractivity contribution in [1.82, 2.24) is 10.3 Å². The van der Waals surface area contributed by atoms with Gasteiger partial charge >= 0.3 is 0 Å². The molecule has 0 fully saturated rings. The number of pyridine rings is 1. The van der Waals surface area contributed by atoms with Crippen molar-refractivity contribution in [1.29, 1.82) is 0 Å². The number of guanidine groups is 1. The van der Waals surface area contributed by atoms with E-state index in [1.54, 1.807) is 30.6 Å². The molecule has 8 nitrogen and oxygen atoms in total. The van der Waals surface area contributed by atoms with Crippen molar-refractivity contribution in [3.8, 4) is 17.2 Å². The minimum atomic E-state index is -0.326. The molecule has 0 radical (unpaired) electrons. The van der Waals surface area contributed by atoms with Gasteiger partial charge < -0.3 is 19.5 Å². The van der Waals surface area contributed by atoms with Gasteiger partial charge in [0.2, 0.25) is 12.8 Å². The lowest BCUT2D eigenvalue weighted by Crippen LogP contribution is -2.36. The minimum absolute atomic E-state index is 0.148. The van der Waals surface area contributed by atoms with E-state index < -0.39 is 0 Å². The Balaban J connectivity index is 1.57. The molecule has 1 aliphatic rings. The monoisotopic (exact) mass is 418 g/mol. The van der Waals surface area contributed by atoms with Crippen LogP contribution in [0.3, 0.4) is 0 Å². The van der Waals surface area contributed by atoms with Crippen LogP contribution < -0.4 is 24.8 Å². The van der Waals surface area contributed by atoms with Crippen LogP contribution in [0, 0.1) is 0 Å². The highest BCUT2D eigenvalue weighted by Gasteiger charge is 2.17. The first-order valence-electron chi connectivity index (χ1n) is 9.86. The summed E-state index contributed by atoms with van der Waals surface area (Å²) in [5.74, 6) is 1.79. The van der Waals surface area contributed by atoms with E-state index >= 15 is 0 Å². The number of para-hydroxylation sites is 2. The van der Waals surface area contributed by atoms with Gasteiger partial charge in [0, 0.05) is 18.0 Å². The summed E-state index contributed by atoms with van der Waals surface area (Å²) in [7, 11) is 0. The fraction of sp³-hybridized carbons (Fsp3) is 0.174. The number of nitrogens with one attached hydrogen (secondary N) is 2. The average Bonchev–Trinajstić information content (AvgIpc) is 3.27. The molecule has 0 spiro atoms. The van der Waals surface area contributed by atoms with Gasteiger partial charge in [-0.05, 0) is 55.0 Å². The number of anilines is 1. The molecule has 4 rings (SSSR count). The second kappa shape index (κ2) is 9.62. The van der Waals surface area contributed by atoms with Crippen molar-refractivity contribution >= 4 is 17.6 Å². The number of nitrogens with zero attached hydrogens (tertiary/aromatic N) is 2. The molecular weight excluding hydrogens is 396 g/mol. The average molecular weight is 418 g/mol. The molecule has 0 unspecified atom stereocenters. The Hall–Kier alpha value is -4.07. The van der Waals surface area contributed by atoms with E-state index in [9.17, 15) is 4.79 Å². The van der Waals surface area contributed by atoms with Crippen LogP contribution in [-0.4, -0.2) is 30.3 Å². The molecule has 0 atom stereocenters. The van der Waals surface area contributed by atoms with Crippen LogP contribution in [0.4, 0.5) is 5.69 Å². The van der Waals surface area contributed by atoms with Crippen LogP contribution in [0.25, 0.3) is 0 Å². The molecule has 3 aromatic rings. The summed E-state index contributed by atoms with van der Waals surface area (Å²) in [6, 6.07) is 16.3. The molecule has 1 amide bonds. The number of carbonyl (C=O) groups is 1. The van der Waals surface area contributed by atoms with E-state index in [1.807, 2.05) is 43.3 Å². The minimum Gasteiger partial charge on any atom is -0.492 e. The summed E-state index contributed by atoms with van der Waals surface area (Å²) in [4.78, 5) is 21.5. The number of amides is 1. The number of rotatable bonds is 6. The number of hydrogen-bond donors (Lipinski definition) is 2. The van der Waals surface area contributed by atoms with Gasteiger partial charge in [0.05, 0.1) is 18.8 Å². The van der Waals surface area contributed by atoms with E-state index in [4.69, 9.17) is 14.2 Å². The Kier molecular flexibility index (Phi) is 6.27. The maximum atomic E-state index is 12.9. The SMILES string of the molecule is CCOc1ccccc1NC(=NCc1ccncc1)NC(=O)c1ccc2c(c1)OCO2. The van der Waals surface area contributed by atoms with Gasteiger partial charge in [-0.3, -0.25) is 15.1 Å². The van der Waals surface area contributed by atoms with Gasteiger partial charge in [-0.25, -0.2) is 4.99 Å². The zero-order chi connectivity index (χ0) is 21.5. The molecule has 158 valence electrons. The van der Waals surface area contributed by atoms with Crippen LogP contribution in [-0.2, 0) is 6.54 Å². The molecule has 1 aromatic heterocycles. The highest BCUT2D eigenvalue weighted by Crippen LogP contribution is 2.32. The lowest BCUT2D eigenvalue weighted by atomic mass is 10.2. The van der Waals surface area contributed by atoms with Gasteiger partial charge in [-0.1, -0.05) is 12.1 Å². The molecule has 8 heteroatoms. The van der Waals surface area contributed by atoms with Crippen molar-refractivity contribution in [3.63, 3.8) is 0 Å². The number of aliphatic imine (C=N–C) groups is 1. The fourth-order valence-electron chi connectivity index (χ4n) is 2.97. The predicted octanol–water partition coefficient (Wildman–Crippen LogP) is 3.61. The van der Waals surface area contributed by atoms with Crippen molar-refractivity contribution in [2.75, 3.05) is 18.7 Å². The summed E-state index contributed by atoms with van der Waals surface area (Å²) in [5.41, 5.74) is 2.09. The molecule has 1 aliphatic heterocycles. The molecule has 2 heterocycles. The third kappa shape index (κ3) is 5.11. The second-order valence-corrected chi connectivity index (χ2v) is 6.60. The van der Waals surface area contributed by atoms with Gasteiger partial charge in [0.1, 0.15) is 5.75 Å². The number of aromatic nitrogens is 1. The zero-order valence-electron chi connectivity index (χ0n) is 17.0. The van der Waals surface area contributed by atoms with Gasteiger partial charge in [0.15, 0.2) is 11.5 Å².